The molecule has 0 fully saturated rings. The van der Waals surface area contributed by atoms with Gasteiger partial charge in [0.1, 0.15) is 0 Å². The molecule has 0 bridgehead atoms. The van der Waals surface area contributed by atoms with Crippen molar-refractivity contribution in [2.24, 2.45) is 0 Å². The maximum absolute atomic E-state index is 11.7. The Kier molecular flexibility index (Phi) is 6.18. The molecular weight excluding hydrogens is 236 g/mol. The Morgan fingerprint density at radius 1 is 1.53 bits per heavy atom. The van der Waals surface area contributed by atoms with Crippen molar-refractivity contribution in [2.75, 3.05) is 20.3 Å². The third-order valence-electron chi connectivity index (χ3n) is 2.54. The molecule has 96 valence electrons. The van der Waals surface area contributed by atoms with Gasteiger partial charge in [-0.25, -0.2) is 0 Å². The van der Waals surface area contributed by atoms with Crippen LogP contribution in [0.1, 0.15) is 25.5 Å². The molecular formula is C12H20N2O2S. The van der Waals surface area contributed by atoms with E-state index < -0.39 is 0 Å². The van der Waals surface area contributed by atoms with Crippen molar-refractivity contribution < 1.29 is 9.53 Å². The molecule has 0 saturated carbocycles. The first-order valence-corrected chi connectivity index (χ1v) is 6.64. The van der Waals surface area contributed by atoms with Gasteiger partial charge in [-0.1, -0.05) is 0 Å². The molecule has 1 rings (SSSR count). The predicted octanol–water partition coefficient (Wildman–Crippen LogP) is 1.55. The summed E-state index contributed by atoms with van der Waals surface area (Å²) in [6, 6.07) is 2.05. The average Bonchev–Trinajstić information content (AvgIpc) is 2.82. The van der Waals surface area contributed by atoms with Gasteiger partial charge in [-0.3, -0.25) is 10.1 Å². The van der Waals surface area contributed by atoms with Crippen LogP contribution >= 0.6 is 11.3 Å². The minimum absolute atomic E-state index is 0.00382. The van der Waals surface area contributed by atoms with E-state index in [0.717, 1.165) is 0 Å². The normalized spacial score (nSPS) is 14.3. The van der Waals surface area contributed by atoms with Crippen LogP contribution in [0.5, 0.6) is 0 Å². The molecule has 1 aromatic heterocycles. The van der Waals surface area contributed by atoms with Crippen LogP contribution in [-0.2, 0) is 9.53 Å². The van der Waals surface area contributed by atoms with E-state index in [2.05, 4.69) is 29.0 Å². The third-order valence-corrected chi connectivity index (χ3v) is 3.24. The maximum atomic E-state index is 11.7. The van der Waals surface area contributed by atoms with Gasteiger partial charge < -0.3 is 10.1 Å². The fourth-order valence-electron chi connectivity index (χ4n) is 1.50. The quantitative estimate of drug-likeness (QED) is 0.728. The van der Waals surface area contributed by atoms with Crippen LogP contribution in [0.15, 0.2) is 16.8 Å². The summed E-state index contributed by atoms with van der Waals surface area (Å²) < 4.78 is 4.88. The third kappa shape index (κ3) is 4.85. The van der Waals surface area contributed by atoms with Crippen LogP contribution in [0.3, 0.4) is 0 Å². The van der Waals surface area contributed by atoms with Crippen LogP contribution in [-0.4, -0.2) is 32.2 Å². The van der Waals surface area contributed by atoms with Gasteiger partial charge in [0.2, 0.25) is 5.91 Å². The van der Waals surface area contributed by atoms with Gasteiger partial charge in [0, 0.05) is 19.7 Å². The van der Waals surface area contributed by atoms with Gasteiger partial charge >= 0.3 is 0 Å². The lowest BCUT2D eigenvalue weighted by Crippen LogP contribution is -2.43. The number of rotatable bonds is 7. The van der Waals surface area contributed by atoms with Crippen LogP contribution in [0.25, 0.3) is 0 Å². The summed E-state index contributed by atoms with van der Waals surface area (Å²) in [6.45, 7) is 5.01. The Balaban J connectivity index is 2.32. The van der Waals surface area contributed by atoms with Crippen molar-refractivity contribution >= 4 is 17.2 Å². The maximum Gasteiger partial charge on any atom is 0.236 e. The molecule has 2 N–H and O–H groups in total. The van der Waals surface area contributed by atoms with Gasteiger partial charge in [0.25, 0.3) is 0 Å². The van der Waals surface area contributed by atoms with Crippen LogP contribution in [0, 0.1) is 0 Å². The predicted molar refractivity (Wildman–Crippen MR) is 70.2 cm³/mol. The zero-order valence-corrected chi connectivity index (χ0v) is 11.3. The molecule has 0 aliphatic heterocycles. The SMILES string of the molecule is COCCNC(=O)C(C)NC(C)c1ccsc1. The molecule has 1 amide bonds. The second kappa shape index (κ2) is 7.42. The molecule has 17 heavy (non-hydrogen) atoms. The van der Waals surface area contributed by atoms with Crippen molar-refractivity contribution in [2.45, 2.75) is 25.9 Å². The number of nitrogens with one attached hydrogen (secondary N) is 2. The zero-order chi connectivity index (χ0) is 12.7. The van der Waals surface area contributed by atoms with Gasteiger partial charge in [0.05, 0.1) is 12.6 Å². The van der Waals surface area contributed by atoms with E-state index in [-0.39, 0.29) is 18.0 Å². The molecule has 4 nitrogen and oxygen atoms in total. The topological polar surface area (TPSA) is 50.4 Å². The Labute approximate surface area is 106 Å². The van der Waals surface area contributed by atoms with E-state index in [1.54, 1.807) is 18.4 Å². The molecule has 1 heterocycles. The van der Waals surface area contributed by atoms with E-state index in [0.29, 0.717) is 13.2 Å². The molecule has 0 aliphatic carbocycles. The molecule has 0 radical (unpaired) electrons. The molecule has 0 saturated heterocycles. The highest BCUT2D eigenvalue weighted by atomic mass is 32.1. The summed E-state index contributed by atoms with van der Waals surface area (Å²) in [6.07, 6.45) is 0. The molecule has 0 aliphatic rings. The number of methoxy groups -OCH3 is 1. The Bertz CT molecular complexity index is 327. The van der Waals surface area contributed by atoms with Crippen molar-refractivity contribution in [1.82, 2.24) is 10.6 Å². The van der Waals surface area contributed by atoms with E-state index in [1.807, 2.05) is 12.3 Å². The second-order valence-electron chi connectivity index (χ2n) is 3.95. The Morgan fingerprint density at radius 2 is 2.29 bits per heavy atom. The average molecular weight is 256 g/mol. The summed E-state index contributed by atoms with van der Waals surface area (Å²) in [7, 11) is 1.62. The highest BCUT2D eigenvalue weighted by Crippen LogP contribution is 2.15. The lowest BCUT2D eigenvalue weighted by atomic mass is 10.1. The first kappa shape index (κ1) is 14.2. The first-order chi connectivity index (χ1) is 8.15. The largest absolute Gasteiger partial charge is 0.383 e. The van der Waals surface area contributed by atoms with E-state index in [9.17, 15) is 4.79 Å². The van der Waals surface area contributed by atoms with Gasteiger partial charge in [-0.2, -0.15) is 11.3 Å². The van der Waals surface area contributed by atoms with Gasteiger partial charge in [-0.15, -0.1) is 0 Å². The minimum atomic E-state index is -0.207. The Morgan fingerprint density at radius 3 is 2.88 bits per heavy atom. The molecule has 0 aromatic carbocycles. The number of carbonyl (C=O) groups is 1. The van der Waals surface area contributed by atoms with Crippen molar-refractivity contribution in [3.05, 3.63) is 22.4 Å². The van der Waals surface area contributed by atoms with E-state index in [4.69, 9.17) is 4.74 Å². The summed E-state index contributed by atoms with van der Waals surface area (Å²) in [5.74, 6) is 0.00382. The molecule has 2 unspecified atom stereocenters. The highest BCUT2D eigenvalue weighted by molar-refractivity contribution is 7.07. The summed E-state index contributed by atoms with van der Waals surface area (Å²) in [4.78, 5) is 11.7. The lowest BCUT2D eigenvalue weighted by Gasteiger charge is -2.18. The minimum Gasteiger partial charge on any atom is -0.383 e. The molecule has 5 heteroatoms. The van der Waals surface area contributed by atoms with Crippen LogP contribution in [0.4, 0.5) is 0 Å². The zero-order valence-electron chi connectivity index (χ0n) is 10.5. The second-order valence-corrected chi connectivity index (χ2v) is 4.73. The van der Waals surface area contributed by atoms with Crippen molar-refractivity contribution in [1.29, 1.82) is 0 Å². The number of hydrogen-bond acceptors (Lipinski definition) is 4. The first-order valence-electron chi connectivity index (χ1n) is 5.70. The fraction of sp³-hybridized carbons (Fsp3) is 0.583. The number of amides is 1. The summed E-state index contributed by atoms with van der Waals surface area (Å²) in [5.41, 5.74) is 1.21. The van der Waals surface area contributed by atoms with Gasteiger partial charge in [-0.05, 0) is 36.2 Å². The molecule has 2 atom stereocenters. The number of carbonyl (C=O) groups excluding carboxylic acids is 1. The van der Waals surface area contributed by atoms with E-state index >= 15 is 0 Å². The van der Waals surface area contributed by atoms with Crippen LogP contribution in [0.2, 0.25) is 0 Å². The van der Waals surface area contributed by atoms with Crippen LogP contribution < -0.4 is 10.6 Å². The molecule has 1 aromatic rings. The fourth-order valence-corrected chi connectivity index (χ4v) is 2.25. The number of ether oxygens (including phenoxy) is 1. The van der Waals surface area contributed by atoms with Gasteiger partial charge in [0.15, 0.2) is 0 Å². The van der Waals surface area contributed by atoms with Crippen molar-refractivity contribution in [3.8, 4) is 0 Å². The monoisotopic (exact) mass is 256 g/mol. The highest BCUT2D eigenvalue weighted by Gasteiger charge is 2.15. The summed E-state index contributed by atoms with van der Waals surface area (Å²) in [5, 5.41) is 10.2. The summed E-state index contributed by atoms with van der Waals surface area (Å²) >= 11 is 1.66. The van der Waals surface area contributed by atoms with Crippen molar-refractivity contribution in [3.63, 3.8) is 0 Å². The Hall–Kier alpha value is -0.910. The number of thiophene rings is 1. The smallest absolute Gasteiger partial charge is 0.236 e. The standard InChI is InChI=1S/C12H20N2O2S/c1-9(11-4-7-17-8-11)14-10(2)12(15)13-5-6-16-3/h4,7-10,14H,5-6H2,1-3H3,(H,13,15). The molecule has 0 spiro atoms. The lowest BCUT2D eigenvalue weighted by molar-refractivity contribution is -0.123. The van der Waals surface area contributed by atoms with E-state index in [1.165, 1.54) is 5.56 Å². The number of hydrogen-bond donors (Lipinski definition) is 2.